The molecule has 0 spiro atoms. The number of anilines is 1. The highest BCUT2D eigenvalue weighted by Crippen LogP contribution is 2.29. The summed E-state index contributed by atoms with van der Waals surface area (Å²) in [6.45, 7) is 2.25. The molecule has 1 aromatic rings. The van der Waals surface area contributed by atoms with Crippen LogP contribution in [0.5, 0.6) is 5.75 Å². The molecule has 2 fully saturated rings. The number of carbonyl (C=O) groups excluding carboxylic acids is 2. The van der Waals surface area contributed by atoms with Crippen LogP contribution in [-0.2, 0) is 9.53 Å². The number of nitrogens with one attached hydrogen (secondary N) is 1. The quantitative estimate of drug-likeness (QED) is 0.850. The first-order valence-corrected chi connectivity index (χ1v) is 9.20. The maximum atomic E-state index is 12.7. The van der Waals surface area contributed by atoms with E-state index in [0.29, 0.717) is 49.7 Å². The number of amides is 2. The number of morpholine rings is 1. The summed E-state index contributed by atoms with van der Waals surface area (Å²) in [6.07, 6.45) is 3.47. The molecule has 1 saturated carbocycles. The van der Waals surface area contributed by atoms with Gasteiger partial charge in [-0.3, -0.25) is 9.59 Å². The van der Waals surface area contributed by atoms with E-state index in [1.807, 2.05) is 0 Å². The minimum Gasteiger partial charge on any atom is -0.495 e. The minimum absolute atomic E-state index is 0.0607. The smallest absolute Gasteiger partial charge is 0.254 e. The minimum atomic E-state index is -0.0953. The zero-order valence-electron chi connectivity index (χ0n) is 15.2. The number of hydrogen-bond acceptors (Lipinski definition) is 5. The van der Waals surface area contributed by atoms with Crippen molar-refractivity contribution in [3.8, 4) is 5.75 Å². The van der Waals surface area contributed by atoms with Gasteiger partial charge in [0.2, 0.25) is 5.91 Å². The van der Waals surface area contributed by atoms with E-state index >= 15 is 0 Å². The molecule has 1 heterocycles. The number of ether oxygens (including phenoxy) is 2. The molecule has 0 aromatic heterocycles. The van der Waals surface area contributed by atoms with Crippen molar-refractivity contribution < 1.29 is 19.1 Å². The first-order chi connectivity index (χ1) is 12.6. The van der Waals surface area contributed by atoms with Gasteiger partial charge in [0.05, 0.1) is 26.0 Å². The van der Waals surface area contributed by atoms with Gasteiger partial charge in [-0.05, 0) is 37.5 Å². The standard InChI is InChI=1S/C19H27N3O4/c1-25-17-6-5-14(19(24)22-7-9-26-10-8-22)12-16(17)21-18(23)13-3-2-4-15(20)11-13/h5-6,12-13,15H,2-4,7-11,20H2,1H3,(H,21,23). The summed E-state index contributed by atoms with van der Waals surface area (Å²) in [5.41, 5.74) is 7.05. The molecule has 2 aliphatic rings. The molecule has 2 unspecified atom stereocenters. The molecule has 1 aromatic carbocycles. The van der Waals surface area contributed by atoms with Crippen molar-refractivity contribution in [2.75, 3.05) is 38.7 Å². The van der Waals surface area contributed by atoms with Crippen molar-refractivity contribution in [1.29, 1.82) is 0 Å². The molecule has 7 heteroatoms. The average molecular weight is 361 g/mol. The van der Waals surface area contributed by atoms with E-state index in [1.54, 1.807) is 30.2 Å². The molecule has 1 saturated heterocycles. The zero-order valence-corrected chi connectivity index (χ0v) is 15.2. The van der Waals surface area contributed by atoms with Crippen LogP contribution in [0.25, 0.3) is 0 Å². The molecule has 26 heavy (non-hydrogen) atoms. The maximum Gasteiger partial charge on any atom is 0.254 e. The Morgan fingerprint density at radius 2 is 2.04 bits per heavy atom. The molecular formula is C19H27N3O4. The molecule has 7 nitrogen and oxygen atoms in total. The summed E-state index contributed by atoms with van der Waals surface area (Å²) in [4.78, 5) is 27.1. The van der Waals surface area contributed by atoms with Gasteiger partial charge in [0.1, 0.15) is 5.75 Å². The van der Waals surface area contributed by atoms with Gasteiger partial charge in [-0.1, -0.05) is 6.42 Å². The van der Waals surface area contributed by atoms with Gasteiger partial charge in [0.15, 0.2) is 0 Å². The SMILES string of the molecule is COc1ccc(C(=O)N2CCOCC2)cc1NC(=O)C1CCCC(N)C1. The highest BCUT2D eigenvalue weighted by molar-refractivity contribution is 5.99. The van der Waals surface area contributed by atoms with E-state index in [9.17, 15) is 9.59 Å². The Hall–Kier alpha value is -2.12. The van der Waals surface area contributed by atoms with Crippen molar-refractivity contribution in [3.05, 3.63) is 23.8 Å². The molecule has 2 amide bonds. The summed E-state index contributed by atoms with van der Waals surface area (Å²) in [7, 11) is 1.55. The molecule has 0 bridgehead atoms. The van der Waals surface area contributed by atoms with Crippen LogP contribution in [0.4, 0.5) is 5.69 Å². The van der Waals surface area contributed by atoms with E-state index in [0.717, 1.165) is 19.3 Å². The first-order valence-electron chi connectivity index (χ1n) is 9.20. The van der Waals surface area contributed by atoms with Crippen LogP contribution in [0.1, 0.15) is 36.0 Å². The van der Waals surface area contributed by atoms with Crippen LogP contribution in [0, 0.1) is 5.92 Å². The fourth-order valence-electron chi connectivity index (χ4n) is 3.59. The van der Waals surface area contributed by atoms with Crippen molar-refractivity contribution >= 4 is 17.5 Å². The van der Waals surface area contributed by atoms with E-state index in [-0.39, 0.29) is 23.8 Å². The second-order valence-corrected chi connectivity index (χ2v) is 6.93. The summed E-state index contributed by atoms with van der Waals surface area (Å²) >= 11 is 0. The third-order valence-electron chi connectivity index (χ3n) is 5.09. The predicted molar refractivity (Wildman–Crippen MR) is 98.3 cm³/mol. The summed E-state index contributed by atoms with van der Waals surface area (Å²) < 4.78 is 10.6. The number of benzene rings is 1. The molecule has 142 valence electrons. The van der Waals surface area contributed by atoms with E-state index < -0.39 is 0 Å². The number of nitrogens with zero attached hydrogens (tertiary/aromatic N) is 1. The topological polar surface area (TPSA) is 93.9 Å². The lowest BCUT2D eigenvalue weighted by atomic mass is 9.85. The molecule has 1 aliphatic carbocycles. The van der Waals surface area contributed by atoms with Crippen molar-refractivity contribution in [2.45, 2.75) is 31.7 Å². The van der Waals surface area contributed by atoms with Crippen molar-refractivity contribution in [1.82, 2.24) is 4.90 Å². The Morgan fingerprint density at radius 3 is 2.73 bits per heavy atom. The van der Waals surface area contributed by atoms with Gasteiger partial charge in [-0.15, -0.1) is 0 Å². The molecule has 2 atom stereocenters. The van der Waals surface area contributed by atoms with E-state index in [2.05, 4.69) is 5.32 Å². The molecule has 3 N–H and O–H groups in total. The third kappa shape index (κ3) is 4.34. The Bertz CT molecular complexity index is 658. The van der Waals surface area contributed by atoms with Crippen LogP contribution in [0.2, 0.25) is 0 Å². The number of hydrogen-bond donors (Lipinski definition) is 2. The number of carbonyl (C=O) groups is 2. The summed E-state index contributed by atoms with van der Waals surface area (Å²) in [6, 6.07) is 5.21. The van der Waals surface area contributed by atoms with Crippen LogP contribution < -0.4 is 15.8 Å². The van der Waals surface area contributed by atoms with E-state index in [1.165, 1.54) is 0 Å². The average Bonchev–Trinajstić information content (AvgIpc) is 2.68. The number of rotatable bonds is 4. The molecule has 0 radical (unpaired) electrons. The zero-order chi connectivity index (χ0) is 18.5. The van der Waals surface area contributed by atoms with Gasteiger partial charge in [0.25, 0.3) is 5.91 Å². The summed E-state index contributed by atoms with van der Waals surface area (Å²) in [5.74, 6) is 0.319. The monoisotopic (exact) mass is 361 g/mol. The van der Waals surface area contributed by atoms with Gasteiger partial charge in [0, 0.05) is 30.6 Å². The molecule has 1 aliphatic heterocycles. The van der Waals surface area contributed by atoms with Crippen LogP contribution >= 0.6 is 0 Å². The van der Waals surface area contributed by atoms with Crippen LogP contribution in [-0.4, -0.2) is 56.2 Å². The fraction of sp³-hybridized carbons (Fsp3) is 0.579. The number of methoxy groups -OCH3 is 1. The third-order valence-corrected chi connectivity index (χ3v) is 5.09. The van der Waals surface area contributed by atoms with Crippen LogP contribution in [0.3, 0.4) is 0 Å². The number of nitrogens with two attached hydrogens (primary N) is 1. The second kappa shape index (κ2) is 8.51. The second-order valence-electron chi connectivity index (χ2n) is 6.93. The van der Waals surface area contributed by atoms with Gasteiger partial charge in [-0.25, -0.2) is 0 Å². The van der Waals surface area contributed by atoms with Crippen molar-refractivity contribution in [3.63, 3.8) is 0 Å². The lowest BCUT2D eigenvalue weighted by Gasteiger charge is -2.27. The normalized spacial score (nSPS) is 23.4. The highest BCUT2D eigenvalue weighted by atomic mass is 16.5. The first kappa shape index (κ1) is 18.7. The van der Waals surface area contributed by atoms with Gasteiger partial charge < -0.3 is 25.4 Å². The summed E-state index contributed by atoms with van der Waals surface area (Å²) in [5, 5.41) is 2.93. The lowest BCUT2D eigenvalue weighted by Crippen LogP contribution is -2.40. The maximum absolute atomic E-state index is 12.7. The Labute approximate surface area is 153 Å². The molecule has 3 rings (SSSR count). The highest BCUT2D eigenvalue weighted by Gasteiger charge is 2.26. The largest absolute Gasteiger partial charge is 0.495 e. The van der Waals surface area contributed by atoms with Crippen LogP contribution in [0.15, 0.2) is 18.2 Å². The van der Waals surface area contributed by atoms with Gasteiger partial charge >= 0.3 is 0 Å². The Kier molecular flexibility index (Phi) is 6.11. The Balaban J connectivity index is 1.74. The lowest BCUT2D eigenvalue weighted by molar-refractivity contribution is -0.120. The Morgan fingerprint density at radius 1 is 1.27 bits per heavy atom. The molecular weight excluding hydrogens is 334 g/mol. The van der Waals surface area contributed by atoms with Gasteiger partial charge in [-0.2, -0.15) is 0 Å². The van der Waals surface area contributed by atoms with E-state index in [4.69, 9.17) is 15.2 Å². The predicted octanol–water partition coefficient (Wildman–Crippen LogP) is 1.62. The fourth-order valence-corrected chi connectivity index (χ4v) is 3.59. The van der Waals surface area contributed by atoms with Crippen molar-refractivity contribution in [2.24, 2.45) is 11.7 Å².